The van der Waals surface area contributed by atoms with E-state index in [0.29, 0.717) is 16.9 Å². The Morgan fingerprint density at radius 3 is 2.08 bits per heavy atom. The topological polar surface area (TPSA) is 87.3 Å². The molecule has 0 aromatic heterocycles. The molecule has 26 heavy (non-hydrogen) atoms. The van der Waals surface area contributed by atoms with Crippen molar-refractivity contribution in [1.29, 1.82) is 0 Å². The number of hydrogen-bond acceptors (Lipinski definition) is 3. The molecule has 0 saturated carbocycles. The molecule has 3 amide bonds. The van der Waals surface area contributed by atoms with Crippen LogP contribution in [0.25, 0.3) is 0 Å². The SMILES string of the molecule is CC(=O)Nc1ccc(F)c(NC(=O)c2ccc(NC(=O)C(C)C)cc2)c1. The first-order valence-electron chi connectivity index (χ1n) is 8.05. The van der Waals surface area contributed by atoms with Crippen molar-refractivity contribution in [2.24, 2.45) is 5.92 Å². The van der Waals surface area contributed by atoms with E-state index in [0.717, 1.165) is 6.07 Å². The summed E-state index contributed by atoms with van der Waals surface area (Å²) in [6.45, 7) is 4.89. The first-order valence-corrected chi connectivity index (χ1v) is 8.05. The summed E-state index contributed by atoms with van der Waals surface area (Å²) in [4.78, 5) is 35.0. The largest absolute Gasteiger partial charge is 0.326 e. The Balaban J connectivity index is 2.10. The highest BCUT2D eigenvalue weighted by atomic mass is 19.1. The third kappa shape index (κ3) is 5.14. The molecular weight excluding hydrogens is 337 g/mol. The van der Waals surface area contributed by atoms with Crippen LogP contribution in [-0.2, 0) is 9.59 Å². The van der Waals surface area contributed by atoms with Gasteiger partial charge in [-0.25, -0.2) is 4.39 Å². The van der Waals surface area contributed by atoms with Crippen molar-refractivity contribution in [2.45, 2.75) is 20.8 Å². The molecule has 2 aromatic rings. The number of carbonyl (C=O) groups excluding carboxylic acids is 3. The van der Waals surface area contributed by atoms with Gasteiger partial charge in [-0.05, 0) is 42.5 Å². The second-order valence-corrected chi connectivity index (χ2v) is 6.05. The van der Waals surface area contributed by atoms with Crippen LogP contribution in [0, 0.1) is 11.7 Å². The van der Waals surface area contributed by atoms with Crippen molar-refractivity contribution in [2.75, 3.05) is 16.0 Å². The van der Waals surface area contributed by atoms with E-state index in [1.165, 1.54) is 31.2 Å². The first-order chi connectivity index (χ1) is 12.3. The monoisotopic (exact) mass is 357 g/mol. The Hall–Kier alpha value is -3.22. The maximum atomic E-state index is 13.9. The Morgan fingerprint density at radius 1 is 0.885 bits per heavy atom. The maximum absolute atomic E-state index is 13.9. The summed E-state index contributed by atoms with van der Waals surface area (Å²) < 4.78 is 13.9. The average molecular weight is 357 g/mol. The lowest BCUT2D eigenvalue weighted by molar-refractivity contribution is -0.119. The summed E-state index contributed by atoms with van der Waals surface area (Å²) in [6.07, 6.45) is 0. The summed E-state index contributed by atoms with van der Waals surface area (Å²) in [5.74, 6) is -1.71. The van der Waals surface area contributed by atoms with Gasteiger partial charge in [0.1, 0.15) is 5.82 Å². The predicted molar refractivity (Wildman–Crippen MR) is 98.6 cm³/mol. The van der Waals surface area contributed by atoms with E-state index in [1.54, 1.807) is 26.0 Å². The van der Waals surface area contributed by atoms with Crippen molar-refractivity contribution < 1.29 is 18.8 Å². The first kappa shape index (κ1) is 19.1. The summed E-state index contributed by atoms with van der Waals surface area (Å²) in [6, 6.07) is 10.1. The van der Waals surface area contributed by atoms with Crippen LogP contribution in [-0.4, -0.2) is 17.7 Å². The van der Waals surface area contributed by atoms with Crippen LogP contribution in [0.4, 0.5) is 21.5 Å². The fourth-order valence-corrected chi connectivity index (χ4v) is 2.09. The molecule has 136 valence electrons. The number of carbonyl (C=O) groups is 3. The number of amides is 3. The van der Waals surface area contributed by atoms with Crippen LogP contribution in [0.5, 0.6) is 0 Å². The van der Waals surface area contributed by atoms with Crippen molar-refractivity contribution in [3.8, 4) is 0 Å². The minimum atomic E-state index is -0.617. The highest BCUT2D eigenvalue weighted by Crippen LogP contribution is 2.21. The standard InChI is InChI=1S/C19H20FN3O3/c1-11(2)18(25)22-14-6-4-13(5-7-14)19(26)23-17-10-15(21-12(3)24)8-9-16(17)20/h4-11H,1-3H3,(H,21,24)(H,22,25)(H,23,26). The fourth-order valence-electron chi connectivity index (χ4n) is 2.09. The molecule has 0 heterocycles. The van der Waals surface area contributed by atoms with Gasteiger partial charge in [-0.2, -0.15) is 0 Å². The van der Waals surface area contributed by atoms with Crippen molar-refractivity contribution in [3.63, 3.8) is 0 Å². The zero-order valence-corrected chi connectivity index (χ0v) is 14.7. The maximum Gasteiger partial charge on any atom is 0.255 e. The van der Waals surface area contributed by atoms with Crippen LogP contribution in [0.15, 0.2) is 42.5 Å². The molecule has 7 heteroatoms. The molecule has 0 radical (unpaired) electrons. The Bertz CT molecular complexity index is 832. The molecule has 0 aliphatic carbocycles. The van der Waals surface area contributed by atoms with E-state index in [2.05, 4.69) is 16.0 Å². The summed E-state index contributed by atoms with van der Waals surface area (Å²) >= 11 is 0. The molecule has 0 saturated heterocycles. The van der Waals surface area contributed by atoms with Gasteiger partial charge >= 0.3 is 0 Å². The van der Waals surface area contributed by atoms with E-state index >= 15 is 0 Å². The lowest BCUT2D eigenvalue weighted by Gasteiger charge is -2.10. The number of benzene rings is 2. The molecule has 0 aliphatic rings. The third-order valence-corrected chi connectivity index (χ3v) is 3.47. The van der Waals surface area contributed by atoms with Crippen molar-refractivity contribution in [1.82, 2.24) is 0 Å². The van der Waals surface area contributed by atoms with Gasteiger partial charge < -0.3 is 16.0 Å². The fraction of sp³-hybridized carbons (Fsp3) is 0.211. The molecule has 0 atom stereocenters. The van der Waals surface area contributed by atoms with Gasteiger partial charge in [0.05, 0.1) is 5.69 Å². The molecule has 0 spiro atoms. The Kier molecular flexibility index (Phi) is 6.06. The van der Waals surface area contributed by atoms with E-state index < -0.39 is 11.7 Å². The summed E-state index contributed by atoms with van der Waals surface area (Å²) in [7, 11) is 0. The second kappa shape index (κ2) is 8.24. The third-order valence-electron chi connectivity index (χ3n) is 3.47. The van der Waals surface area contributed by atoms with Gasteiger partial charge in [0.15, 0.2) is 0 Å². The van der Waals surface area contributed by atoms with Crippen LogP contribution in [0.1, 0.15) is 31.1 Å². The minimum Gasteiger partial charge on any atom is -0.326 e. The van der Waals surface area contributed by atoms with Crippen LogP contribution >= 0.6 is 0 Å². The molecule has 0 unspecified atom stereocenters. The van der Waals surface area contributed by atoms with Gasteiger partial charge in [-0.1, -0.05) is 13.8 Å². The molecular formula is C19H20FN3O3. The van der Waals surface area contributed by atoms with Crippen LogP contribution < -0.4 is 16.0 Å². The normalized spacial score (nSPS) is 10.3. The predicted octanol–water partition coefficient (Wildman–Crippen LogP) is 3.63. The molecule has 2 aromatic carbocycles. The highest BCUT2D eigenvalue weighted by Gasteiger charge is 2.12. The lowest BCUT2D eigenvalue weighted by atomic mass is 10.1. The number of rotatable bonds is 5. The molecule has 2 rings (SSSR count). The van der Waals surface area contributed by atoms with E-state index in [1.807, 2.05) is 0 Å². The zero-order valence-electron chi connectivity index (χ0n) is 14.7. The van der Waals surface area contributed by atoms with Crippen molar-refractivity contribution in [3.05, 3.63) is 53.8 Å². The zero-order chi connectivity index (χ0) is 19.3. The van der Waals surface area contributed by atoms with E-state index in [4.69, 9.17) is 0 Å². The van der Waals surface area contributed by atoms with Gasteiger partial charge in [0, 0.05) is 29.8 Å². The Morgan fingerprint density at radius 2 is 1.50 bits per heavy atom. The number of hydrogen-bond donors (Lipinski definition) is 3. The van der Waals surface area contributed by atoms with E-state index in [9.17, 15) is 18.8 Å². The van der Waals surface area contributed by atoms with Gasteiger partial charge in [0.25, 0.3) is 5.91 Å². The Labute approximate surface area is 150 Å². The molecule has 6 nitrogen and oxygen atoms in total. The summed E-state index contributed by atoms with van der Waals surface area (Å²) in [5.41, 5.74) is 1.20. The number of halogens is 1. The molecule has 0 fully saturated rings. The minimum absolute atomic E-state index is 0.0431. The number of anilines is 3. The molecule has 3 N–H and O–H groups in total. The number of nitrogens with one attached hydrogen (secondary N) is 3. The second-order valence-electron chi connectivity index (χ2n) is 6.05. The van der Waals surface area contributed by atoms with E-state index in [-0.39, 0.29) is 23.4 Å². The lowest BCUT2D eigenvalue weighted by Crippen LogP contribution is -2.18. The summed E-state index contributed by atoms with van der Waals surface area (Å²) in [5, 5.41) is 7.71. The van der Waals surface area contributed by atoms with Crippen molar-refractivity contribution >= 4 is 34.8 Å². The highest BCUT2D eigenvalue weighted by molar-refractivity contribution is 6.05. The van der Waals surface area contributed by atoms with Crippen LogP contribution in [0.2, 0.25) is 0 Å². The van der Waals surface area contributed by atoms with Gasteiger partial charge in [-0.15, -0.1) is 0 Å². The quantitative estimate of drug-likeness (QED) is 0.764. The average Bonchev–Trinajstić information content (AvgIpc) is 2.57. The molecule has 0 bridgehead atoms. The molecule has 0 aliphatic heterocycles. The van der Waals surface area contributed by atoms with Crippen LogP contribution in [0.3, 0.4) is 0 Å². The van der Waals surface area contributed by atoms with Gasteiger partial charge in [-0.3, -0.25) is 14.4 Å². The smallest absolute Gasteiger partial charge is 0.255 e. The van der Waals surface area contributed by atoms with Gasteiger partial charge in [0.2, 0.25) is 11.8 Å².